The molecule has 2 aromatic heterocycles. The standard InChI is InChI=1S/C16H21N5O/c1-14-18-6-8-19(14)7-4-16(22)21-11-9-20(10-12-21)15-3-2-5-17-13-15/h2-3,5-6,8,13H,4,7,9-12H2,1H3. The maximum Gasteiger partial charge on any atom is 0.224 e. The average molecular weight is 299 g/mol. The molecule has 1 aliphatic heterocycles. The van der Waals surface area contributed by atoms with Crippen LogP contribution in [0.2, 0.25) is 0 Å². The van der Waals surface area contributed by atoms with E-state index in [1.807, 2.05) is 34.9 Å². The van der Waals surface area contributed by atoms with Crippen molar-refractivity contribution in [3.63, 3.8) is 0 Å². The van der Waals surface area contributed by atoms with E-state index >= 15 is 0 Å². The Kier molecular flexibility index (Phi) is 4.37. The molecule has 0 saturated carbocycles. The van der Waals surface area contributed by atoms with E-state index in [9.17, 15) is 4.79 Å². The molecule has 0 aromatic carbocycles. The maximum absolute atomic E-state index is 12.3. The van der Waals surface area contributed by atoms with Crippen molar-refractivity contribution < 1.29 is 4.79 Å². The van der Waals surface area contributed by atoms with Crippen molar-refractivity contribution in [3.05, 3.63) is 42.7 Å². The largest absolute Gasteiger partial charge is 0.367 e. The lowest BCUT2D eigenvalue weighted by Gasteiger charge is -2.36. The van der Waals surface area contributed by atoms with Gasteiger partial charge in [-0.1, -0.05) is 0 Å². The van der Waals surface area contributed by atoms with Crippen LogP contribution in [0, 0.1) is 6.92 Å². The second-order valence-electron chi connectivity index (χ2n) is 5.50. The summed E-state index contributed by atoms with van der Waals surface area (Å²) in [6.45, 7) is 5.93. The number of hydrogen-bond donors (Lipinski definition) is 0. The third-order valence-corrected chi connectivity index (χ3v) is 4.13. The van der Waals surface area contributed by atoms with E-state index in [-0.39, 0.29) is 5.91 Å². The fraction of sp³-hybridized carbons (Fsp3) is 0.438. The van der Waals surface area contributed by atoms with E-state index in [1.165, 1.54) is 0 Å². The van der Waals surface area contributed by atoms with Crippen LogP contribution in [-0.4, -0.2) is 51.5 Å². The van der Waals surface area contributed by atoms with Crippen molar-refractivity contribution in [1.29, 1.82) is 0 Å². The van der Waals surface area contributed by atoms with Gasteiger partial charge in [0.05, 0.1) is 11.9 Å². The summed E-state index contributed by atoms with van der Waals surface area (Å²) in [6.07, 6.45) is 7.88. The molecule has 116 valence electrons. The Balaban J connectivity index is 1.49. The molecule has 3 rings (SSSR count). The minimum atomic E-state index is 0.221. The van der Waals surface area contributed by atoms with E-state index in [2.05, 4.69) is 20.9 Å². The number of piperazine rings is 1. The first-order valence-electron chi connectivity index (χ1n) is 7.64. The number of hydrogen-bond acceptors (Lipinski definition) is 4. The van der Waals surface area contributed by atoms with E-state index in [0.717, 1.165) is 37.7 Å². The smallest absolute Gasteiger partial charge is 0.224 e. The highest BCUT2D eigenvalue weighted by molar-refractivity contribution is 5.76. The molecular formula is C16H21N5O. The number of amides is 1. The molecule has 22 heavy (non-hydrogen) atoms. The second kappa shape index (κ2) is 6.60. The van der Waals surface area contributed by atoms with Crippen molar-refractivity contribution >= 4 is 11.6 Å². The van der Waals surface area contributed by atoms with Crippen LogP contribution in [0.15, 0.2) is 36.9 Å². The zero-order valence-electron chi connectivity index (χ0n) is 12.9. The maximum atomic E-state index is 12.3. The molecule has 6 heteroatoms. The third kappa shape index (κ3) is 3.27. The highest BCUT2D eigenvalue weighted by Gasteiger charge is 2.21. The number of carbonyl (C=O) groups excluding carboxylic acids is 1. The summed E-state index contributed by atoms with van der Waals surface area (Å²) < 4.78 is 2.02. The fourth-order valence-electron chi connectivity index (χ4n) is 2.77. The van der Waals surface area contributed by atoms with Gasteiger partial charge in [0.15, 0.2) is 0 Å². The Morgan fingerprint density at radius 2 is 2.05 bits per heavy atom. The van der Waals surface area contributed by atoms with Crippen LogP contribution in [0.1, 0.15) is 12.2 Å². The number of carbonyl (C=O) groups is 1. The lowest BCUT2D eigenvalue weighted by Crippen LogP contribution is -2.49. The molecule has 0 atom stereocenters. The molecule has 0 spiro atoms. The number of aromatic nitrogens is 3. The highest BCUT2D eigenvalue weighted by atomic mass is 16.2. The summed E-state index contributed by atoms with van der Waals surface area (Å²) in [5.41, 5.74) is 1.13. The monoisotopic (exact) mass is 299 g/mol. The van der Waals surface area contributed by atoms with Crippen LogP contribution in [0.3, 0.4) is 0 Å². The molecular weight excluding hydrogens is 278 g/mol. The minimum Gasteiger partial charge on any atom is -0.367 e. The zero-order valence-corrected chi connectivity index (χ0v) is 12.9. The first-order valence-corrected chi connectivity index (χ1v) is 7.64. The van der Waals surface area contributed by atoms with Crippen molar-refractivity contribution in [2.45, 2.75) is 19.9 Å². The van der Waals surface area contributed by atoms with Crippen molar-refractivity contribution in [3.8, 4) is 0 Å². The van der Waals surface area contributed by atoms with E-state index in [0.29, 0.717) is 13.0 Å². The molecule has 2 aromatic rings. The summed E-state index contributed by atoms with van der Waals surface area (Å²) in [7, 11) is 0. The topological polar surface area (TPSA) is 54.3 Å². The van der Waals surface area contributed by atoms with Gasteiger partial charge in [-0.3, -0.25) is 9.78 Å². The predicted octanol–water partition coefficient (Wildman–Crippen LogP) is 1.33. The van der Waals surface area contributed by atoms with Crippen molar-refractivity contribution in [1.82, 2.24) is 19.4 Å². The van der Waals surface area contributed by atoms with Gasteiger partial charge < -0.3 is 14.4 Å². The van der Waals surface area contributed by atoms with Crippen molar-refractivity contribution in [2.75, 3.05) is 31.1 Å². The SMILES string of the molecule is Cc1nccn1CCC(=O)N1CCN(c2cccnc2)CC1. The Bertz CT molecular complexity index is 616. The lowest BCUT2D eigenvalue weighted by atomic mass is 10.2. The van der Waals surface area contributed by atoms with Crippen LogP contribution < -0.4 is 4.90 Å². The highest BCUT2D eigenvalue weighted by Crippen LogP contribution is 2.15. The summed E-state index contributed by atoms with van der Waals surface area (Å²) in [4.78, 5) is 24.9. The second-order valence-corrected chi connectivity index (χ2v) is 5.50. The molecule has 0 aliphatic carbocycles. The quantitative estimate of drug-likeness (QED) is 0.854. The number of anilines is 1. The number of nitrogens with zero attached hydrogens (tertiary/aromatic N) is 5. The molecule has 1 aliphatic rings. The molecule has 0 unspecified atom stereocenters. The van der Waals surface area contributed by atoms with Crippen LogP contribution in [0.5, 0.6) is 0 Å². The van der Waals surface area contributed by atoms with Gasteiger partial charge in [0.1, 0.15) is 5.82 Å². The molecule has 1 saturated heterocycles. The van der Waals surface area contributed by atoms with E-state index in [4.69, 9.17) is 0 Å². The number of rotatable bonds is 4. The lowest BCUT2D eigenvalue weighted by molar-refractivity contribution is -0.131. The Morgan fingerprint density at radius 3 is 2.68 bits per heavy atom. The van der Waals surface area contributed by atoms with Crippen LogP contribution in [0.4, 0.5) is 5.69 Å². The summed E-state index contributed by atoms with van der Waals surface area (Å²) >= 11 is 0. The third-order valence-electron chi connectivity index (χ3n) is 4.13. The van der Waals surface area contributed by atoms with Gasteiger partial charge in [-0.05, 0) is 19.1 Å². The van der Waals surface area contributed by atoms with Gasteiger partial charge in [-0.15, -0.1) is 0 Å². The predicted molar refractivity (Wildman–Crippen MR) is 84.6 cm³/mol. The molecule has 0 N–H and O–H groups in total. The van der Waals surface area contributed by atoms with Crippen LogP contribution in [-0.2, 0) is 11.3 Å². The Morgan fingerprint density at radius 1 is 1.23 bits per heavy atom. The first kappa shape index (κ1) is 14.6. The first-order chi connectivity index (χ1) is 10.7. The molecule has 6 nitrogen and oxygen atoms in total. The molecule has 0 radical (unpaired) electrons. The fourth-order valence-corrected chi connectivity index (χ4v) is 2.77. The molecule has 0 bridgehead atoms. The number of imidazole rings is 1. The summed E-state index contributed by atoms with van der Waals surface area (Å²) in [6, 6.07) is 4.01. The van der Waals surface area contributed by atoms with Gasteiger partial charge in [0, 0.05) is 57.7 Å². The summed E-state index contributed by atoms with van der Waals surface area (Å²) in [5.74, 6) is 1.17. The summed E-state index contributed by atoms with van der Waals surface area (Å²) in [5, 5.41) is 0. The number of pyridine rings is 1. The van der Waals surface area contributed by atoms with Gasteiger partial charge in [0.25, 0.3) is 0 Å². The minimum absolute atomic E-state index is 0.221. The van der Waals surface area contributed by atoms with Gasteiger partial charge in [0.2, 0.25) is 5.91 Å². The Labute approximate surface area is 130 Å². The van der Waals surface area contributed by atoms with E-state index in [1.54, 1.807) is 12.4 Å². The molecule has 1 amide bonds. The van der Waals surface area contributed by atoms with E-state index < -0.39 is 0 Å². The van der Waals surface area contributed by atoms with Crippen molar-refractivity contribution in [2.24, 2.45) is 0 Å². The Hall–Kier alpha value is -2.37. The van der Waals surface area contributed by atoms with Gasteiger partial charge in [-0.25, -0.2) is 4.98 Å². The zero-order chi connectivity index (χ0) is 15.4. The molecule has 3 heterocycles. The number of aryl methyl sites for hydroxylation is 2. The van der Waals surface area contributed by atoms with Gasteiger partial charge in [-0.2, -0.15) is 0 Å². The van der Waals surface area contributed by atoms with Crippen LogP contribution in [0.25, 0.3) is 0 Å². The normalized spacial score (nSPS) is 15.1. The van der Waals surface area contributed by atoms with Crippen LogP contribution >= 0.6 is 0 Å². The van der Waals surface area contributed by atoms with Gasteiger partial charge >= 0.3 is 0 Å². The molecule has 1 fully saturated rings. The average Bonchev–Trinajstić information content (AvgIpc) is 2.99.